The lowest BCUT2D eigenvalue weighted by Crippen LogP contribution is -2.48. The van der Waals surface area contributed by atoms with E-state index in [1.54, 1.807) is 0 Å². The third-order valence-electron chi connectivity index (χ3n) is 4.86. The summed E-state index contributed by atoms with van der Waals surface area (Å²) in [5, 5.41) is 12.0. The van der Waals surface area contributed by atoms with E-state index in [4.69, 9.17) is 5.11 Å². The van der Waals surface area contributed by atoms with Crippen LogP contribution in [0, 0.1) is 0 Å². The molecule has 1 unspecified atom stereocenters. The summed E-state index contributed by atoms with van der Waals surface area (Å²) in [6.07, 6.45) is 1.81. The number of carboxylic acids is 1. The number of carbonyl (C=O) groups excluding carboxylic acids is 1. The summed E-state index contributed by atoms with van der Waals surface area (Å²) in [6, 6.07) is 10.2. The Morgan fingerprint density at radius 3 is 2.42 bits per heavy atom. The van der Waals surface area contributed by atoms with Crippen molar-refractivity contribution in [3.63, 3.8) is 0 Å². The molecule has 1 heterocycles. The van der Waals surface area contributed by atoms with Gasteiger partial charge in [0.1, 0.15) is 0 Å². The van der Waals surface area contributed by atoms with Crippen LogP contribution in [-0.2, 0) is 9.59 Å². The third kappa shape index (κ3) is 6.94. The van der Waals surface area contributed by atoms with E-state index in [1.165, 1.54) is 0 Å². The van der Waals surface area contributed by atoms with E-state index in [0.717, 1.165) is 38.0 Å². The van der Waals surface area contributed by atoms with E-state index in [-0.39, 0.29) is 30.9 Å². The van der Waals surface area contributed by atoms with E-state index >= 15 is 0 Å². The van der Waals surface area contributed by atoms with Crippen molar-refractivity contribution in [1.82, 2.24) is 15.1 Å². The van der Waals surface area contributed by atoms with Gasteiger partial charge < -0.3 is 10.4 Å². The minimum absolute atomic E-state index is 0. The Kier molecular flexibility index (Phi) is 9.62. The lowest BCUT2D eigenvalue weighted by molar-refractivity contribution is -0.139. The Hall–Kier alpha value is -1.63. The number of benzene rings is 1. The summed E-state index contributed by atoms with van der Waals surface area (Å²) in [7, 11) is 0. The first kappa shape index (κ1) is 22.4. The van der Waals surface area contributed by atoms with E-state index in [0.29, 0.717) is 12.6 Å². The zero-order chi connectivity index (χ0) is 18.2. The molecule has 2 rings (SSSR count). The number of carbonyl (C=O) groups is 2. The highest BCUT2D eigenvalue weighted by Gasteiger charge is 2.26. The van der Waals surface area contributed by atoms with Crippen LogP contribution in [0.4, 0.5) is 0 Å². The SMILES string of the molecule is CCN(CC(=O)O)C1CCN(CC(=O)NC(C)c2ccccc2)CC1.Cl. The quantitative estimate of drug-likeness (QED) is 0.719. The van der Waals surface area contributed by atoms with Crippen molar-refractivity contribution in [2.24, 2.45) is 0 Å². The zero-order valence-electron chi connectivity index (χ0n) is 15.6. The molecule has 7 heteroatoms. The second-order valence-electron chi connectivity index (χ2n) is 6.66. The van der Waals surface area contributed by atoms with Crippen molar-refractivity contribution in [1.29, 1.82) is 0 Å². The molecule has 1 saturated heterocycles. The van der Waals surface area contributed by atoms with E-state index in [2.05, 4.69) is 10.2 Å². The molecule has 1 fully saturated rings. The molecule has 146 valence electrons. The zero-order valence-corrected chi connectivity index (χ0v) is 16.4. The summed E-state index contributed by atoms with van der Waals surface area (Å²) in [5.74, 6) is -0.744. The first-order valence-corrected chi connectivity index (χ1v) is 9.02. The summed E-state index contributed by atoms with van der Waals surface area (Å²) in [6.45, 7) is 6.87. The smallest absolute Gasteiger partial charge is 0.317 e. The van der Waals surface area contributed by atoms with Gasteiger partial charge in [0, 0.05) is 19.1 Å². The van der Waals surface area contributed by atoms with Gasteiger partial charge in [-0.2, -0.15) is 0 Å². The largest absolute Gasteiger partial charge is 0.480 e. The summed E-state index contributed by atoms with van der Waals surface area (Å²) in [4.78, 5) is 27.4. The van der Waals surface area contributed by atoms with Crippen LogP contribution in [0.3, 0.4) is 0 Å². The lowest BCUT2D eigenvalue weighted by Gasteiger charge is -2.37. The molecule has 0 spiro atoms. The first-order valence-electron chi connectivity index (χ1n) is 9.02. The average molecular weight is 384 g/mol. The Morgan fingerprint density at radius 1 is 1.27 bits per heavy atom. The van der Waals surface area contributed by atoms with E-state index in [9.17, 15) is 9.59 Å². The average Bonchev–Trinajstić information content (AvgIpc) is 2.61. The van der Waals surface area contributed by atoms with Crippen LogP contribution in [-0.4, -0.2) is 65.5 Å². The molecule has 6 nitrogen and oxygen atoms in total. The molecule has 1 amide bonds. The van der Waals surface area contributed by atoms with E-state index in [1.807, 2.05) is 49.1 Å². The topological polar surface area (TPSA) is 72.9 Å². The van der Waals surface area contributed by atoms with E-state index < -0.39 is 5.97 Å². The molecule has 0 saturated carbocycles. The number of nitrogens with zero attached hydrogens (tertiary/aromatic N) is 2. The number of amides is 1. The molecular formula is C19H30ClN3O3. The van der Waals surface area contributed by atoms with Crippen LogP contribution in [0.5, 0.6) is 0 Å². The van der Waals surface area contributed by atoms with Gasteiger partial charge in [-0.1, -0.05) is 37.3 Å². The van der Waals surface area contributed by atoms with Crippen molar-refractivity contribution in [2.75, 3.05) is 32.7 Å². The summed E-state index contributed by atoms with van der Waals surface area (Å²) in [5.41, 5.74) is 1.10. The number of piperidine rings is 1. The number of hydrogen-bond donors (Lipinski definition) is 2. The van der Waals surface area contributed by atoms with Gasteiger partial charge in [0.2, 0.25) is 5.91 Å². The Balaban J connectivity index is 0.00000338. The highest BCUT2D eigenvalue weighted by atomic mass is 35.5. The highest BCUT2D eigenvalue weighted by molar-refractivity contribution is 5.85. The molecule has 0 aliphatic carbocycles. The number of nitrogens with one attached hydrogen (secondary N) is 1. The minimum Gasteiger partial charge on any atom is -0.480 e. The molecule has 0 aromatic heterocycles. The van der Waals surface area contributed by atoms with Crippen molar-refractivity contribution < 1.29 is 14.7 Å². The molecule has 1 aromatic carbocycles. The van der Waals surface area contributed by atoms with Crippen molar-refractivity contribution >= 4 is 24.3 Å². The molecule has 1 atom stereocenters. The highest BCUT2D eigenvalue weighted by Crippen LogP contribution is 2.16. The Morgan fingerprint density at radius 2 is 1.88 bits per heavy atom. The molecule has 0 bridgehead atoms. The lowest BCUT2D eigenvalue weighted by atomic mass is 10.0. The molecule has 1 aromatic rings. The van der Waals surface area contributed by atoms with Crippen LogP contribution < -0.4 is 5.32 Å². The van der Waals surface area contributed by atoms with Gasteiger partial charge in [0.15, 0.2) is 0 Å². The van der Waals surface area contributed by atoms with Crippen molar-refractivity contribution in [2.45, 2.75) is 38.8 Å². The maximum absolute atomic E-state index is 12.3. The normalized spacial score (nSPS) is 16.7. The second kappa shape index (κ2) is 11.2. The molecular weight excluding hydrogens is 354 g/mol. The van der Waals surface area contributed by atoms with Crippen LogP contribution in [0.2, 0.25) is 0 Å². The fourth-order valence-electron chi connectivity index (χ4n) is 3.43. The van der Waals surface area contributed by atoms with Gasteiger partial charge in [0.05, 0.1) is 19.1 Å². The molecule has 0 radical (unpaired) electrons. The second-order valence-corrected chi connectivity index (χ2v) is 6.66. The summed E-state index contributed by atoms with van der Waals surface area (Å²) >= 11 is 0. The van der Waals surface area contributed by atoms with Crippen molar-refractivity contribution in [3.05, 3.63) is 35.9 Å². The third-order valence-corrected chi connectivity index (χ3v) is 4.86. The number of rotatable bonds is 8. The number of aliphatic carboxylic acids is 1. The number of halogens is 1. The number of carboxylic acid groups (broad SMARTS) is 1. The maximum atomic E-state index is 12.3. The van der Waals surface area contributed by atoms with Crippen LogP contribution in [0.25, 0.3) is 0 Å². The van der Waals surface area contributed by atoms with Gasteiger partial charge >= 0.3 is 5.97 Å². The standard InChI is InChI=1S/C19H29N3O3.ClH/c1-3-22(14-19(24)25)17-9-11-21(12-10-17)13-18(23)20-15(2)16-7-5-4-6-8-16;/h4-8,15,17H,3,9-14H2,1-2H3,(H,20,23)(H,24,25);1H. The monoisotopic (exact) mass is 383 g/mol. The molecule has 26 heavy (non-hydrogen) atoms. The summed E-state index contributed by atoms with van der Waals surface area (Å²) < 4.78 is 0. The van der Waals surface area contributed by atoms with Gasteiger partial charge in [-0.25, -0.2) is 0 Å². The molecule has 1 aliphatic heterocycles. The van der Waals surface area contributed by atoms with Gasteiger partial charge in [0.25, 0.3) is 0 Å². The van der Waals surface area contributed by atoms with Crippen molar-refractivity contribution in [3.8, 4) is 0 Å². The number of likely N-dealkylation sites (N-methyl/N-ethyl adjacent to an activating group) is 1. The number of hydrogen-bond acceptors (Lipinski definition) is 4. The Labute approximate surface area is 162 Å². The first-order chi connectivity index (χ1) is 12.0. The van der Waals surface area contributed by atoms with Gasteiger partial charge in [-0.15, -0.1) is 12.4 Å². The predicted octanol–water partition coefficient (Wildman–Crippen LogP) is 2.16. The van der Waals surface area contributed by atoms with Gasteiger partial charge in [-0.3, -0.25) is 19.4 Å². The molecule has 1 aliphatic rings. The number of likely N-dealkylation sites (tertiary alicyclic amines) is 1. The molecule has 2 N–H and O–H groups in total. The van der Waals surface area contributed by atoms with Crippen LogP contribution in [0.1, 0.15) is 38.3 Å². The predicted molar refractivity (Wildman–Crippen MR) is 105 cm³/mol. The maximum Gasteiger partial charge on any atom is 0.317 e. The fraction of sp³-hybridized carbons (Fsp3) is 0.579. The minimum atomic E-state index is -0.779. The van der Waals surface area contributed by atoms with Crippen LogP contribution in [0.15, 0.2) is 30.3 Å². The fourth-order valence-corrected chi connectivity index (χ4v) is 3.43. The Bertz CT molecular complexity index is 562. The van der Waals surface area contributed by atoms with Gasteiger partial charge in [-0.05, 0) is 31.9 Å². The van der Waals surface area contributed by atoms with Crippen LogP contribution >= 0.6 is 12.4 Å².